The van der Waals surface area contributed by atoms with E-state index in [-0.39, 0.29) is 24.1 Å². The van der Waals surface area contributed by atoms with Crippen molar-refractivity contribution in [3.63, 3.8) is 0 Å². The lowest BCUT2D eigenvalue weighted by Crippen LogP contribution is -2.52. The zero-order valence-corrected chi connectivity index (χ0v) is 16.8. The highest BCUT2D eigenvalue weighted by Crippen LogP contribution is 2.30. The Labute approximate surface area is 175 Å². The Hall–Kier alpha value is -3.03. The van der Waals surface area contributed by atoms with E-state index in [1.54, 1.807) is 4.90 Å². The molecule has 0 bridgehead atoms. The molecule has 7 nitrogen and oxygen atoms in total. The second-order valence-electron chi connectivity index (χ2n) is 7.84. The first kappa shape index (κ1) is 20.3. The molecule has 4 rings (SSSR count). The second kappa shape index (κ2) is 8.77. The van der Waals surface area contributed by atoms with Crippen LogP contribution in [0.3, 0.4) is 0 Å². The van der Waals surface area contributed by atoms with Gasteiger partial charge in [-0.1, -0.05) is 48.5 Å². The number of hydrogen-bond donors (Lipinski definition) is 2. The Morgan fingerprint density at radius 2 is 1.83 bits per heavy atom. The fourth-order valence-corrected chi connectivity index (χ4v) is 4.30. The van der Waals surface area contributed by atoms with Crippen LogP contribution in [0.5, 0.6) is 0 Å². The summed E-state index contributed by atoms with van der Waals surface area (Å²) in [5.74, 6) is -0.801. The topological polar surface area (TPSA) is 95.7 Å². The highest BCUT2D eigenvalue weighted by atomic mass is 16.2. The lowest BCUT2D eigenvalue weighted by Gasteiger charge is -2.29. The summed E-state index contributed by atoms with van der Waals surface area (Å²) in [4.78, 5) is 40.8. The third-order valence-electron chi connectivity index (χ3n) is 5.73. The molecule has 3 N–H and O–H groups in total. The maximum absolute atomic E-state index is 13.3. The van der Waals surface area contributed by atoms with E-state index in [1.807, 2.05) is 36.4 Å². The van der Waals surface area contributed by atoms with Crippen LogP contribution in [-0.4, -0.2) is 46.7 Å². The van der Waals surface area contributed by atoms with Gasteiger partial charge in [0.05, 0.1) is 0 Å². The lowest BCUT2D eigenvalue weighted by atomic mass is 10.0. The molecule has 1 atom stereocenters. The molecule has 3 amide bonds. The van der Waals surface area contributed by atoms with E-state index in [0.29, 0.717) is 38.2 Å². The summed E-state index contributed by atoms with van der Waals surface area (Å²) in [5, 5.41) is 2.35. The van der Waals surface area contributed by atoms with Gasteiger partial charge in [0.15, 0.2) is 0 Å². The smallest absolute Gasteiger partial charge is 0.255 e. The third-order valence-corrected chi connectivity index (χ3v) is 5.73. The molecule has 2 heterocycles. The molecule has 1 saturated heterocycles. The number of benzene rings is 2. The summed E-state index contributed by atoms with van der Waals surface area (Å²) in [6, 6.07) is 15.4. The van der Waals surface area contributed by atoms with Crippen molar-refractivity contribution in [3.05, 3.63) is 70.8 Å². The van der Waals surface area contributed by atoms with Crippen LogP contribution in [0.2, 0.25) is 0 Å². The summed E-state index contributed by atoms with van der Waals surface area (Å²) < 4.78 is 0. The fourth-order valence-electron chi connectivity index (χ4n) is 4.30. The van der Waals surface area contributed by atoms with Crippen molar-refractivity contribution in [1.82, 2.24) is 15.1 Å². The molecule has 2 aliphatic rings. The first-order chi connectivity index (χ1) is 14.6. The number of piperidine rings is 1. The molecule has 7 heteroatoms. The van der Waals surface area contributed by atoms with E-state index in [2.05, 4.69) is 22.3 Å². The Balaban J connectivity index is 1.55. The molecule has 0 saturated carbocycles. The van der Waals surface area contributed by atoms with Crippen molar-refractivity contribution in [2.45, 2.75) is 38.5 Å². The van der Waals surface area contributed by atoms with Gasteiger partial charge in [-0.3, -0.25) is 24.6 Å². The number of imide groups is 1. The van der Waals surface area contributed by atoms with Gasteiger partial charge in [-0.15, -0.1) is 0 Å². The average molecular weight is 406 g/mol. The largest absolute Gasteiger partial charge is 0.329 e. The number of amides is 3. The third kappa shape index (κ3) is 4.13. The number of rotatable bonds is 7. The minimum atomic E-state index is -0.597. The van der Waals surface area contributed by atoms with Crippen LogP contribution in [0.1, 0.15) is 39.9 Å². The van der Waals surface area contributed by atoms with Crippen molar-refractivity contribution in [2.75, 3.05) is 13.1 Å². The van der Waals surface area contributed by atoms with Crippen LogP contribution >= 0.6 is 0 Å². The zero-order chi connectivity index (χ0) is 21.1. The number of nitrogens with two attached hydrogens (primary N) is 1. The van der Waals surface area contributed by atoms with Crippen LogP contribution in [0, 0.1) is 0 Å². The second-order valence-corrected chi connectivity index (χ2v) is 7.84. The van der Waals surface area contributed by atoms with Gasteiger partial charge in [-0.2, -0.15) is 0 Å². The van der Waals surface area contributed by atoms with E-state index < -0.39 is 6.04 Å². The van der Waals surface area contributed by atoms with Crippen LogP contribution in [-0.2, 0) is 29.2 Å². The maximum atomic E-state index is 13.3. The first-order valence-corrected chi connectivity index (χ1v) is 10.3. The van der Waals surface area contributed by atoms with Gasteiger partial charge in [0.2, 0.25) is 11.8 Å². The molecule has 1 fully saturated rings. The van der Waals surface area contributed by atoms with Crippen molar-refractivity contribution in [2.24, 2.45) is 5.73 Å². The zero-order valence-electron chi connectivity index (χ0n) is 16.8. The van der Waals surface area contributed by atoms with Gasteiger partial charge >= 0.3 is 0 Å². The normalized spacial score (nSPS) is 18.7. The molecule has 2 aromatic rings. The average Bonchev–Trinajstić information content (AvgIpc) is 3.06. The Morgan fingerprint density at radius 1 is 1.03 bits per heavy atom. The summed E-state index contributed by atoms with van der Waals surface area (Å²) in [5.41, 5.74) is 9.57. The number of fused-ring (bicyclic) bond motifs is 1. The van der Waals surface area contributed by atoms with Crippen LogP contribution < -0.4 is 11.1 Å². The van der Waals surface area contributed by atoms with Crippen molar-refractivity contribution in [3.8, 4) is 0 Å². The molecule has 156 valence electrons. The van der Waals surface area contributed by atoms with Crippen LogP contribution in [0.4, 0.5) is 0 Å². The van der Waals surface area contributed by atoms with Gasteiger partial charge < -0.3 is 10.6 Å². The minimum Gasteiger partial charge on any atom is -0.329 e. The number of nitrogens with zero attached hydrogens (tertiary/aromatic N) is 2. The summed E-state index contributed by atoms with van der Waals surface area (Å²) in [7, 11) is 0. The van der Waals surface area contributed by atoms with E-state index >= 15 is 0 Å². The summed E-state index contributed by atoms with van der Waals surface area (Å²) in [6.45, 7) is 2.97. The predicted octanol–water partition coefficient (Wildman–Crippen LogP) is 1.41. The Bertz CT molecular complexity index is 960. The molecule has 30 heavy (non-hydrogen) atoms. The molecule has 1 unspecified atom stereocenters. The molecule has 2 aromatic carbocycles. The minimum absolute atomic E-state index is 0.137. The van der Waals surface area contributed by atoms with Gasteiger partial charge in [-0.25, -0.2) is 0 Å². The van der Waals surface area contributed by atoms with Crippen LogP contribution in [0.25, 0.3) is 0 Å². The van der Waals surface area contributed by atoms with Gasteiger partial charge in [0.1, 0.15) is 6.04 Å². The van der Waals surface area contributed by atoms with Gasteiger partial charge in [0.25, 0.3) is 5.91 Å². The molecular formula is C23H26N4O3. The summed E-state index contributed by atoms with van der Waals surface area (Å²) >= 11 is 0. The molecular weight excluding hydrogens is 380 g/mol. The maximum Gasteiger partial charge on any atom is 0.255 e. The quantitative estimate of drug-likeness (QED) is 0.678. The fraction of sp³-hybridized carbons (Fsp3) is 0.348. The van der Waals surface area contributed by atoms with Gasteiger partial charge in [-0.05, 0) is 23.1 Å². The first-order valence-electron chi connectivity index (χ1n) is 10.3. The van der Waals surface area contributed by atoms with Crippen LogP contribution in [0.15, 0.2) is 48.5 Å². The highest BCUT2D eigenvalue weighted by molar-refractivity contribution is 6.05. The Kier molecular flexibility index (Phi) is 5.92. The van der Waals surface area contributed by atoms with E-state index in [9.17, 15) is 14.4 Å². The number of nitrogens with one attached hydrogen (secondary N) is 1. The number of hydrogen-bond acceptors (Lipinski definition) is 5. The van der Waals surface area contributed by atoms with E-state index in [4.69, 9.17) is 5.73 Å². The summed E-state index contributed by atoms with van der Waals surface area (Å²) in [6.07, 6.45) is 0.623. The number of carbonyl (C=O) groups excluding carboxylic acids is 3. The lowest BCUT2D eigenvalue weighted by molar-refractivity contribution is -0.136. The monoisotopic (exact) mass is 406 g/mol. The van der Waals surface area contributed by atoms with E-state index in [0.717, 1.165) is 17.7 Å². The highest BCUT2D eigenvalue weighted by Gasteiger charge is 2.40. The molecule has 0 spiro atoms. The van der Waals surface area contributed by atoms with Crippen molar-refractivity contribution in [1.29, 1.82) is 0 Å². The van der Waals surface area contributed by atoms with Crippen molar-refractivity contribution >= 4 is 17.7 Å². The molecule has 0 aliphatic carbocycles. The Morgan fingerprint density at radius 3 is 2.57 bits per heavy atom. The predicted molar refractivity (Wildman–Crippen MR) is 112 cm³/mol. The van der Waals surface area contributed by atoms with Crippen molar-refractivity contribution < 1.29 is 14.4 Å². The number of carbonyl (C=O) groups is 3. The van der Waals surface area contributed by atoms with Gasteiger partial charge in [0, 0.05) is 44.7 Å². The SMILES string of the molecule is NCCN(Cc1ccccc1)Cc1cccc2c1C(=O)N(C1CCC(=O)NC1=O)C2. The molecule has 2 aliphatic heterocycles. The van der Waals surface area contributed by atoms with E-state index in [1.165, 1.54) is 5.56 Å². The standard InChI is InChI=1S/C23H26N4O3/c24-11-12-26(13-16-5-2-1-3-6-16)14-17-7-4-8-18-15-27(23(30)21(17)18)19-9-10-20(28)25-22(19)29/h1-8,19H,9-15,24H2,(H,25,28,29). The molecule has 0 radical (unpaired) electrons. The molecule has 0 aromatic heterocycles.